The van der Waals surface area contributed by atoms with E-state index in [0.717, 1.165) is 6.08 Å². The molecule has 11 heavy (non-hydrogen) atoms. The van der Waals surface area contributed by atoms with Crippen LogP contribution >= 0.6 is 0 Å². The molecule has 0 saturated carbocycles. The van der Waals surface area contributed by atoms with E-state index in [0.29, 0.717) is 0 Å². The number of carboxylic acids is 1. The third-order valence-electron chi connectivity index (χ3n) is 1.25. The molecule has 0 bridgehead atoms. The Labute approximate surface area is 64.7 Å². The van der Waals surface area contributed by atoms with Crippen LogP contribution in [-0.2, 0) is 9.59 Å². The van der Waals surface area contributed by atoms with Crippen LogP contribution in [0, 0.1) is 0 Å². The second-order valence-corrected chi connectivity index (χ2v) is 2.15. The lowest BCUT2D eigenvalue weighted by atomic mass is 10.1. The average molecular weight is 157 g/mol. The van der Waals surface area contributed by atoms with E-state index in [4.69, 9.17) is 10.8 Å². The van der Waals surface area contributed by atoms with E-state index in [1.807, 2.05) is 0 Å². The Hall–Kier alpha value is -1.16. The second-order valence-electron chi connectivity index (χ2n) is 2.15. The highest BCUT2D eigenvalue weighted by molar-refractivity contribution is 5.89. The number of carbonyl (C=O) groups excluding carboxylic acids is 1. The Morgan fingerprint density at radius 2 is 2.18 bits per heavy atom. The number of ketones is 1. The fourth-order valence-corrected chi connectivity index (χ4v) is 0.523. The molecule has 0 aromatic heterocycles. The van der Waals surface area contributed by atoms with Crippen molar-refractivity contribution in [3.63, 3.8) is 0 Å². The molecule has 1 atom stereocenters. The maximum Gasteiger partial charge on any atom is 0.320 e. The molecule has 62 valence electrons. The van der Waals surface area contributed by atoms with Crippen molar-refractivity contribution in [3.05, 3.63) is 12.7 Å². The van der Waals surface area contributed by atoms with Gasteiger partial charge in [0.2, 0.25) is 0 Å². The van der Waals surface area contributed by atoms with Crippen molar-refractivity contribution in [3.8, 4) is 0 Å². The number of aliphatic carboxylic acids is 1. The number of hydrogen-bond donors (Lipinski definition) is 2. The molecule has 0 aliphatic rings. The zero-order chi connectivity index (χ0) is 8.85. The number of hydrogen-bond acceptors (Lipinski definition) is 3. The van der Waals surface area contributed by atoms with Crippen molar-refractivity contribution in [2.45, 2.75) is 18.9 Å². The number of nitrogens with two attached hydrogens (primary N) is 1. The number of carbonyl (C=O) groups is 2. The van der Waals surface area contributed by atoms with Crippen molar-refractivity contribution in [2.75, 3.05) is 0 Å². The van der Waals surface area contributed by atoms with Gasteiger partial charge in [-0.15, -0.1) is 0 Å². The van der Waals surface area contributed by atoms with Gasteiger partial charge in [-0.05, 0) is 12.5 Å². The van der Waals surface area contributed by atoms with Crippen molar-refractivity contribution < 1.29 is 14.7 Å². The van der Waals surface area contributed by atoms with E-state index < -0.39 is 12.0 Å². The standard InChI is InChI=1S/C7H11NO3/c1-2-5(9)3-4-6(8)7(10)11/h2,6H,1,3-4,8H2,(H,10,11)/t6-/m0/s1. The van der Waals surface area contributed by atoms with Crippen LogP contribution in [0.4, 0.5) is 0 Å². The fraction of sp³-hybridized carbons (Fsp3) is 0.429. The average Bonchev–Trinajstić information content (AvgIpc) is 1.99. The monoisotopic (exact) mass is 157 g/mol. The van der Waals surface area contributed by atoms with Gasteiger partial charge < -0.3 is 10.8 Å². The second kappa shape index (κ2) is 4.62. The molecule has 0 aliphatic heterocycles. The van der Waals surface area contributed by atoms with E-state index in [2.05, 4.69) is 6.58 Å². The molecule has 0 heterocycles. The van der Waals surface area contributed by atoms with Gasteiger partial charge in [0.05, 0.1) is 0 Å². The maximum absolute atomic E-state index is 10.6. The molecule has 0 unspecified atom stereocenters. The van der Waals surface area contributed by atoms with Gasteiger partial charge in [-0.25, -0.2) is 0 Å². The molecule has 0 spiro atoms. The number of carboxylic acid groups (broad SMARTS) is 1. The van der Waals surface area contributed by atoms with Gasteiger partial charge in [0, 0.05) is 6.42 Å². The summed E-state index contributed by atoms with van der Waals surface area (Å²) in [5, 5.41) is 8.31. The SMILES string of the molecule is C=CC(=O)CC[C@H](N)C(=O)O. The molecule has 4 heteroatoms. The number of rotatable bonds is 5. The first-order chi connectivity index (χ1) is 5.07. The summed E-state index contributed by atoms with van der Waals surface area (Å²) in [4.78, 5) is 20.7. The highest BCUT2D eigenvalue weighted by atomic mass is 16.4. The first-order valence-electron chi connectivity index (χ1n) is 3.21. The van der Waals surface area contributed by atoms with Crippen LogP contribution in [0.5, 0.6) is 0 Å². The lowest BCUT2D eigenvalue weighted by molar-refractivity contribution is -0.138. The lowest BCUT2D eigenvalue weighted by Gasteiger charge is -2.02. The summed E-state index contributed by atoms with van der Waals surface area (Å²) in [6, 6.07) is -0.945. The van der Waals surface area contributed by atoms with Crippen LogP contribution in [0.15, 0.2) is 12.7 Å². The summed E-state index contributed by atoms with van der Waals surface area (Å²) in [5.74, 6) is -1.26. The Morgan fingerprint density at radius 1 is 1.64 bits per heavy atom. The molecule has 0 aromatic rings. The summed E-state index contributed by atoms with van der Waals surface area (Å²) < 4.78 is 0. The predicted molar refractivity (Wildman–Crippen MR) is 40.0 cm³/mol. The molecule has 0 amide bonds. The summed E-state index contributed by atoms with van der Waals surface area (Å²) in [6.07, 6.45) is 1.48. The lowest BCUT2D eigenvalue weighted by Crippen LogP contribution is -2.30. The Balaban J connectivity index is 3.62. The van der Waals surface area contributed by atoms with Gasteiger partial charge in [0.15, 0.2) is 5.78 Å². The largest absolute Gasteiger partial charge is 0.480 e. The van der Waals surface area contributed by atoms with Crippen molar-refractivity contribution >= 4 is 11.8 Å². The summed E-state index contributed by atoms with van der Waals surface area (Å²) in [5.41, 5.74) is 5.13. The summed E-state index contributed by atoms with van der Waals surface area (Å²) in [6.45, 7) is 3.25. The summed E-state index contributed by atoms with van der Waals surface area (Å²) >= 11 is 0. The highest BCUT2D eigenvalue weighted by Crippen LogP contribution is 1.95. The molecule has 0 fully saturated rings. The number of allylic oxidation sites excluding steroid dienone is 1. The molecule has 0 rings (SSSR count). The van der Waals surface area contributed by atoms with E-state index in [9.17, 15) is 9.59 Å². The minimum Gasteiger partial charge on any atom is -0.480 e. The van der Waals surface area contributed by atoms with E-state index in [1.165, 1.54) is 0 Å². The Morgan fingerprint density at radius 3 is 2.55 bits per heavy atom. The Kier molecular flexibility index (Phi) is 4.14. The van der Waals surface area contributed by atoms with Gasteiger partial charge in [-0.1, -0.05) is 6.58 Å². The third kappa shape index (κ3) is 4.27. The van der Waals surface area contributed by atoms with Gasteiger partial charge in [-0.2, -0.15) is 0 Å². The molecular formula is C7H11NO3. The quantitative estimate of drug-likeness (QED) is 0.547. The van der Waals surface area contributed by atoms with Crippen LogP contribution < -0.4 is 5.73 Å². The van der Waals surface area contributed by atoms with Crippen molar-refractivity contribution in [1.29, 1.82) is 0 Å². The van der Waals surface area contributed by atoms with Gasteiger partial charge in [0.1, 0.15) is 6.04 Å². The van der Waals surface area contributed by atoms with Gasteiger partial charge in [0.25, 0.3) is 0 Å². The molecule has 0 radical (unpaired) electrons. The molecule has 3 N–H and O–H groups in total. The maximum atomic E-state index is 10.6. The molecule has 4 nitrogen and oxygen atoms in total. The van der Waals surface area contributed by atoms with Crippen LogP contribution in [0.25, 0.3) is 0 Å². The van der Waals surface area contributed by atoms with E-state index in [1.54, 1.807) is 0 Å². The van der Waals surface area contributed by atoms with Crippen LogP contribution in [0.2, 0.25) is 0 Å². The van der Waals surface area contributed by atoms with Crippen molar-refractivity contribution in [1.82, 2.24) is 0 Å². The molecular weight excluding hydrogens is 146 g/mol. The zero-order valence-corrected chi connectivity index (χ0v) is 6.12. The first kappa shape index (κ1) is 9.84. The normalized spacial score (nSPS) is 12.1. The molecule has 0 aromatic carbocycles. The highest BCUT2D eigenvalue weighted by Gasteiger charge is 2.11. The van der Waals surface area contributed by atoms with Gasteiger partial charge in [-0.3, -0.25) is 9.59 Å². The van der Waals surface area contributed by atoms with Crippen molar-refractivity contribution in [2.24, 2.45) is 5.73 Å². The summed E-state index contributed by atoms with van der Waals surface area (Å²) in [7, 11) is 0. The molecule has 0 saturated heterocycles. The minimum absolute atomic E-state index is 0.150. The fourth-order valence-electron chi connectivity index (χ4n) is 0.523. The van der Waals surface area contributed by atoms with Crippen LogP contribution in [0.3, 0.4) is 0 Å². The zero-order valence-electron chi connectivity index (χ0n) is 6.12. The van der Waals surface area contributed by atoms with Crippen LogP contribution in [-0.4, -0.2) is 22.9 Å². The smallest absolute Gasteiger partial charge is 0.320 e. The van der Waals surface area contributed by atoms with Crippen LogP contribution in [0.1, 0.15) is 12.8 Å². The third-order valence-corrected chi connectivity index (χ3v) is 1.25. The topological polar surface area (TPSA) is 80.4 Å². The van der Waals surface area contributed by atoms with Gasteiger partial charge >= 0.3 is 5.97 Å². The minimum atomic E-state index is -1.08. The Bertz CT molecular complexity index is 177. The predicted octanol–water partition coefficient (Wildman–Crippen LogP) is -0.0664. The molecule has 0 aliphatic carbocycles. The van der Waals surface area contributed by atoms with E-state index >= 15 is 0 Å². The first-order valence-corrected chi connectivity index (χ1v) is 3.21. The van der Waals surface area contributed by atoms with E-state index in [-0.39, 0.29) is 18.6 Å².